The zero-order chi connectivity index (χ0) is 19.6. The van der Waals surface area contributed by atoms with E-state index in [2.05, 4.69) is 4.90 Å². The number of carbonyl (C=O) groups excluding carboxylic acids is 2. The van der Waals surface area contributed by atoms with Crippen molar-refractivity contribution in [3.05, 3.63) is 23.8 Å². The van der Waals surface area contributed by atoms with Gasteiger partial charge in [0.1, 0.15) is 11.5 Å². The molecule has 1 unspecified atom stereocenters. The number of likely N-dealkylation sites (N-methyl/N-ethyl adjacent to an activating group) is 1. The molecule has 148 valence electrons. The largest absolute Gasteiger partial charge is 0.497 e. The van der Waals surface area contributed by atoms with Crippen LogP contribution in [0.4, 0.5) is 0 Å². The topological polar surface area (TPSA) is 85.1 Å². The molecule has 0 radical (unpaired) electrons. The lowest BCUT2D eigenvalue weighted by atomic mass is 9.66. The van der Waals surface area contributed by atoms with Crippen LogP contribution in [0.2, 0.25) is 0 Å². The van der Waals surface area contributed by atoms with Crippen LogP contribution in [-0.2, 0) is 4.79 Å². The summed E-state index contributed by atoms with van der Waals surface area (Å²) < 4.78 is 10.6. The van der Waals surface area contributed by atoms with Crippen LogP contribution in [0.5, 0.6) is 11.5 Å². The number of ether oxygens (including phenoxy) is 2. The van der Waals surface area contributed by atoms with Gasteiger partial charge in [-0.15, -0.1) is 0 Å². The molecule has 27 heavy (non-hydrogen) atoms. The van der Waals surface area contributed by atoms with Crippen molar-refractivity contribution in [2.45, 2.75) is 31.7 Å². The van der Waals surface area contributed by atoms with E-state index in [-0.39, 0.29) is 23.3 Å². The Labute approximate surface area is 160 Å². The summed E-state index contributed by atoms with van der Waals surface area (Å²) in [6.07, 6.45) is 3.61. The van der Waals surface area contributed by atoms with Crippen LogP contribution in [0.15, 0.2) is 18.2 Å². The summed E-state index contributed by atoms with van der Waals surface area (Å²) in [5.41, 5.74) is 6.13. The first-order chi connectivity index (χ1) is 12.9. The maximum absolute atomic E-state index is 13.0. The van der Waals surface area contributed by atoms with Crippen LogP contribution in [0, 0.1) is 5.41 Å². The number of hydrogen-bond acceptors (Lipinski definition) is 5. The summed E-state index contributed by atoms with van der Waals surface area (Å²) in [7, 11) is 5.10. The molecule has 2 fully saturated rings. The summed E-state index contributed by atoms with van der Waals surface area (Å²) in [5, 5.41) is 0. The molecular weight excluding hydrogens is 346 g/mol. The molecule has 2 heterocycles. The molecule has 0 aromatic heterocycles. The van der Waals surface area contributed by atoms with Gasteiger partial charge in [-0.2, -0.15) is 0 Å². The third-order valence-corrected chi connectivity index (χ3v) is 6.16. The van der Waals surface area contributed by atoms with E-state index < -0.39 is 0 Å². The predicted molar refractivity (Wildman–Crippen MR) is 102 cm³/mol. The highest BCUT2D eigenvalue weighted by Gasteiger charge is 2.48. The van der Waals surface area contributed by atoms with Crippen LogP contribution in [-0.4, -0.2) is 68.6 Å². The fourth-order valence-electron chi connectivity index (χ4n) is 4.76. The first-order valence-electron chi connectivity index (χ1n) is 9.43. The van der Waals surface area contributed by atoms with Gasteiger partial charge in [-0.25, -0.2) is 0 Å². The zero-order valence-corrected chi connectivity index (χ0v) is 16.4. The number of rotatable bonds is 4. The number of carbonyl (C=O) groups is 2. The summed E-state index contributed by atoms with van der Waals surface area (Å²) in [6.45, 7) is 2.12. The fourth-order valence-corrected chi connectivity index (χ4v) is 4.76. The average molecular weight is 375 g/mol. The molecule has 1 spiro atoms. The highest BCUT2D eigenvalue weighted by molar-refractivity contribution is 5.97. The lowest BCUT2D eigenvalue weighted by Gasteiger charge is -2.51. The van der Waals surface area contributed by atoms with Crippen LogP contribution in [0.25, 0.3) is 0 Å². The van der Waals surface area contributed by atoms with E-state index in [9.17, 15) is 9.59 Å². The highest BCUT2D eigenvalue weighted by Crippen LogP contribution is 2.44. The number of nitrogens with two attached hydrogens (primary N) is 1. The molecule has 2 amide bonds. The smallest absolute Gasteiger partial charge is 0.257 e. The summed E-state index contributed by atoms with van der Waals surface area (Å²) >= 11 is 0. The van der Waals surface area contributed by atoms with Gasteiger partial charge in [-0.05, 0) is 56.8 Å². The van der Waals surface area contributed by atoms with Gasteiger partial charge in [0.05, 0.1) is 25.8 Å². The third kappa shape index (κ3) is 3.60. The molecule has 1 atom stereocenters. The first kappa shape index (κ1) is 19.5. The van der Waals surface area contributed by atoms with Gasteiger partial charge in [-0.3, -0.25) is 14.5 Å². The standard InChI is InChI=1S/C20H29N3O4/c1-22-10-4-7-20(17(22)18(21)24)8-11-23(12-9-20)19(25)15-6-5-14(26-2)13-16(15)27-3/h5-6,13,17H,4,7-12H2,1-3H3,(H2,21,24). The minimum atomic E-state index is -0.256. The fraction of sp³-hybridized carbons (Fsp3) is 0.600. The Hall–Kier alpha value is -2.28. The molecule has 1 aromatic carbocycles. The third-order valence-electron chi connectivity index (χ3n) is 6.16. The minimum absolute atomic E-state index is 0.0517. The molecule has 0 aliphatic carbocycles. The Kier molecular flexibility index (Phi) is 5.60. The second-order valence-corrected chi connectivity index (χ2v) is 7.61. The van der Waals surface area contributed by atoms with Gasteiger partial charge < -0.3 is 20.1 Å². The first-order valence-corrected chi connectivity index (χ1v) is 9.43. The van der Waals surface area contributed by atoms with Gasteiger partial charge in [-0.1, -0.05) is 0 Å². The number of nitrogens with zero attached hydrogens (tertiary/aromatic N) is 2. The number of hydrogen-bond donors (Lipinski definition) is 1. The van der Waals surface area contributed by atoms with Crippen molar-refractivity contribution < 1.29 is 19.1 Å². The van der Waals surface area contributed by atoms with Crippen molar-refractivity contribution in [2.24, 2.45) is 11.1 Å². The molecule has 2 aliphatic heterocycles. The minimum Gasteiger partial charge on any atom is -0.497 e. The van der Waals surface area contributed by atoms with E-state index in [1.54, 1.807) is 32.4 Å². The summed E-state index contributed by atoms with van der Waals surface area (Å²) in [5.74, 6) is 0.848. The Morgan fingerprint density at radius 3 is 2.41 bits per heavy atom. The molecule has 0 bridgehead atoms. The number of benzene rings is 1. The van der Waals surface area contributed by atoms with Crippen molar-refractivity contribution in [3.63, 3.8) is 0 Å². The Balaban J connectivity index is 1.75. The van der Waals surface area contributed by atoms with E-state index in [1.165, 1.54) is 0 Å². The van der Waals surface area contributed by atoms with E-state index in [4.69, 9.17) is 15.2 Å². The number of primary amides is 1. The lowest BCUT2D eigenvalue weighted by Crippen LogP contribution is -2.60. The van der Waals surface area contributed by atoms with E-state index in [0.717, 1.165) is 32.2 Å². The normalized spacial score (nSPS) is 22.5. The Morgan fingerprint density at radius 2 is 1.81 bits per heavy atom. The molecule has 2 aliphatic rings. The Morgan fingerprint density at radius 1 is 1.11 bits per heavy atom. The van der Waals surface area contributed by atoms with Gasteiger partial charge in [0, 0.05) is 19.2 Å². The van der Waals surface area contributed by atoms with Crippen molar-refractivity contribution in [3.8, 4) is 11.5 Å². The molecule has 7 heteroatoms. The summed E-state index contributed by atoms with van der Waals surface area (Å²) in [4.78, 5) is 29.1. The highest BCUT2D eigenvalue weighted by atomic mass is 16.5. The summed E-state index contributed by atoms with van der Waals surface area (Å²) in [6, 6.07) is 4.97. The lowest BCUT2D eigenvalue weighted by molar-refractivity contribution is -0.132. The molecular formula is C20H29N3O4. The van der Waals surface area contributed by atoms with Crippen LogP contribution in [0.1, 0.15) is 36.0 Å². The van der Waals surface area contributed by atoms with Crippen molar-refractivity contribution >= 4 is 11.8 Å². The molecule has 0 saturated carbocycles. The molecule has 3 rings (SSSR count). The van der Waals surface area contributed by atoms with Gasteiger partial charge in [0.15, 0.2) is 0 Å². The van der Waals surface area contributed by atoms with E-state index >= 15 is 0 Å². The molecule has 1 aromatic rings. The van der Waals surface area contributed by atoms with Gasteiger partial charge in [0.25, 0.3) is 5.91 Å². The zero-order valence-electron chi connectivity index (χ0n) is 16.4. The number of amides is 2. The van der Waals surface area contributed by atoms with Crippen LogP contribution in [0.3, 0.4) is 0 Å². The number of piperidine rings is 2. The van der Waals surface area contributed by atoms with Gasteiger partial charge in [0.2, 0.25) is 5.91 Å². The monoisotopic (exact) mass is 375 g/mol. The van der Waals surface area contributed by atoms with Crippen molar-refractivity contribution in [1.82, 2.24) is 9.80 Å². The molecule has 7 nitrogen and oxygen atoms in total. The van der Waals surface area contributed by atoms with Crippen LogP contribution < -0.4 is 15.2 Å². The van der Waals surface area contributed by atoms with E-state index in [0.29, 0.717) is 30.2 Å². The predicted octanol–water partition coefficient (Wildman–Crippen LogP) is 1.51. The molecule has 2 saturated heterocycles. The number of likely N-dealkylation sites (tertiary alicyclic amines) is 2. The van der Waals surface area contributed by atoms with Crippen molar-refractivity contribution in [1.29, 1.82) is 0 Å². The number of methoxy groups -OCH3 is 2. The maximum Gasteiger partial charge on any atom is 0.257 e. The van der Waals surface area contributed by atoms with Crippen LogP contribution >= 0.6 is 0 Å². The second-order valence-electron chi connectivity index (χ2n) is 7.61. The van der Waals surface area contributed by atoms with Gasteiger partial charge >= 0.3 is 0 Å². The molecule has 2 N–H and O–H groups in total. The van der Waals surface area contributed by atoms with E-state index in [1.807, 2.05) is 11.9 Å². The average Bonchev–Trinajstić information content (AvgIpc) is 2.67. The van der Waals surface area contributed by atoms with Crippen molar-refractivity contribution in [2.75, 3.05) is 40.9 Å². The maximum atomic E-state index is 13.0. The quantitative estimate of drug-likeness (QED) is 0.862. The second kappa shape index (κ2) is 7.76. The SMILES string of the molecule is COc1ccc(C(=O)N2CCC3(CCCN(C)C3C(N)=O)CC2)c(OC)c1. The Bertz CT molecular complexity index is 713.